The first-order chi connectivity index (χ1) is 12.8. The third-order valence-electron chi connectivity index (χ3n) is 4.61. The highest BCUT2D eigenvalue weighted by Crippen LogP contribution is 2.32. The molecule has 0 aromatic carbocycles. The van der Waals surface area contributed by atoms with Crippen LogP contribution in [-0.2, 0) is 15.9 Å². The van der Waals surface area contributed by atoms with E-state index in [1.54, 1.807) is 6.26 Å². The van der Waals surface area contributed by atoms with Crippen molar-refractivity contribution < 1.29 is 19.0 Å². The number of hydrogen-bond donors (Lipinski definition) is 3. The van der Waals surface area contributed by atoms with Crippen LogP contribution >= 0.6 is 0 Å². The van der Waals surface area contributed by atoms with Gasteiger partial charge in [-0.05, 0) is 38.3 Å². The van der Waals surface area contributed by atoms with Crippen molar-refractivity contribution in [2.45, 2.75) is 32.6 Å². The minimum absolute atomic E-state index is 0.0459. The second kappa shape index (κ2) is 11.9. The number of nitrogens with one attached hydrogen (secondary N) is 2. The summed E-state index contributed by atoms with van der Waals surface area (Å²) in [5.41, 5.74) is -0.0459. The van der Waals surface area contributed by atoms with Crippen LogP contribution in [0.15, 0.2) is 27.8 Å². The Balaban J connectivity index is 1.84. The summed E-state index contributed by atoms with van der Waals surface area (Å²) in [5.74, 6) is 1.74. The van der Waals surface area contributed by atoms with Crippen molar-refractivity contribution in [3.05, 3.63) is 24.2 Å². The zero-order chi connectivity index (χ0) is 18.5. The number of aliphatic imine (C=N–C) groups is 1. The van der Waals surface area contributed by atoms with Gasteiger partial charge in [-0.3, -0.25) is 4.99 Å². The van der Waals surface area contributed by atoms with Gasteiger partial charge in [-0.15, -0.1) is 0 Å². The van der Waals surface area contributed by atoms with Crippen molar-refractivity contribution in [1.29, 1.82) is 0 Å². The van der Waals surface area contributed by atoms with E-state index in [0.29, 0.717) is 13.2 Å². The van der Waals surface area contributed by atoms with Gasteiger partial charge >= 0.3 is 0 Å². The number of hydrogen-bond acceptors (Lipinski definition) is 5. The third-order valence-corrected chi connectivity index (χ3v) is 4.61. The molecule has 0 amide bonds. The molecule has 1 fully saturated rings. The normalized spacial score (nSPS) is 20.5. The lowest BCUT2D eigenvalue weighted by Crippen LogP contribution is -2.40. The van der Waals surface area contributed by atoms with Crippen LogP contribution in [0, 0.1) is 5.41 Å². The van der Waals surface area contributed by atoms with Gasteiger partial charge in [0.1, 0.15) is 5.76 Å². The molecule has 0 spiro atoms. The minimum atomic E-state index is -0.0459. The van der Waals surface area contributed by atoms with Gasteiger partial charge in [-0.1, -0.05) is 0 Å². The first-order valence-electron chi connectivity index (χ1n) is 9.59. The Hall–Kier alpha value is -1.57. The molecule has 7 heteroatoms. The van der Waals surface area contributed by atoms with E-state index in [-0.39, 0.29) is 12.0 Å². The van der Waals surface area contributed by atoms with E-state index in [9.17, 15) is 5.11 Å². The number of nitrogens with zero attached hydrogens (tertiary/aromatic N) is 1. The minimum Gasteiger partial charge on any atom is -0.469 e. The van der Waals surface area contributed by atoms with Crippen LogP contribution < -0.4 is 10.6 Å². The molecule has 0 saturated carbocycles. The smallest absolute Gasteiger partial charge is 0.191 e. The summed E-state index contributed by atoms with van der Waals surface area (Å²) in [6.45, 7) is 7.26. The van der Waals surface area contributed by atoms with Gasteiger partial charge in [0.15, 0.2) is 5.96 Å². The van der Waals surface area contributed by atoms with E-state index in [0.717, 1.165) is 70.3 Å². The SMILES string of the molecule is CCOCCCNC(=NCC1(CCO)CCOC1)NCCc1ccco1. The van der Waals surface area contributed by atoms with E-state index in [1.165, 1.54) is 0 Å². The second-order valence-electron chi connectivity index (χ2n) is 6.67. The highest BCUT2D eigenvalue weighted by molar-refractivity contribution is 5.79. The monoisotopic (exact) mass is 367 g/mol. The first-order valence-corrected chi connectivity index (χ1v) is 9.59. The van der Waals surface area contributed by atoms with Gasteiger partial charge in [0.2, 0.25) is 0 Å². The Morgan fingerprint density at radius 1 is 1.38 bits per heavy atom. The average molecular weight is 367 g/mol. The molecule has 1 aromatic heterocycles. The predicted octanol–water partition coefficient (Wildman–Crippen LogP) is 1.57. The van der Waals surface area contributed by atoms with Gasteiger partial charge in [-0.2, -0.15) is 0 Å². The number of rotatable bonds is 12. The van der Waals surface area contributed by atoms with E-state index < -0.39 is 0 Å². The Labute approximate surface area is 156 Å². The fourth-order valence-electron chi connectivity index (χ4n) is 2.99. The lowest BCUT2D eigenvalue weighted by atomic mass is 9.84. The highest BCUT2D eigenvalue weighted by Gasteiger charge is 2.34. The quantitative estimate of drug-likeness (QED) is 0.295. The number of aliphatic hydroxyl groups excluding tert-OH is 1. The summed E-state index contributed by atoms with van der Waals surface area (Å²) in [7, 11) is 0. The highest BCUT2D eigenvalue weighted by atomic mass is 16.5. The van der Waals surface area contributed by atoms with E-state index >= 15 is 0 Å². The van der Waals surface area contributed by atoms with Crippen LogP contribution in [0.2, 0.25) is 0 Å². The Kier molecular flexibility index (Phi) is 9.52. The van der Waals surface area contributed by atoms with Crippen molar-refractivity contribution in [1.82, 2.24) is 10.6 Å². The molecule has 3 N–H and O–H groups in total. The van der Waals surface area contributed by atoms with Crippen molar-refractivity contribution in [3.8, 4) is 0 Å². The Morgan fingerprint density at radius 3 is 2.96 bits per heavy atom. The molecule has 1 atom stereocenters. The van der Waals surface area contributed by atoms with Gasteiger partial charge < -0.3 is 29.6 Å². The van der Waals surface area contributed by atoms with Crippen LogP contribution in [0.1, 0.15) is 31.9 Å². The molecular formula is C19H33N3O4. The van der Waals surface area contributed by atoms with Crippen LogP contribution in [0.25, 0.3) is 0 Å². The second-order valence-corrected chi connectivity index (χ2v) is 6.67. The molecule has 0 radical (unpaired) electrons. The summed E-state index contributed by atoms with van der Waals surface area (Å²) in [6, 6.07) is 3.87. The maximum absolute atomic E-state index is 9.37. The fraction of sp³-hybridized carbons (Fsp3) is 0.737. The summed E-state index contributed by atoms with van der Waals surface area (Å²) >= 11 is 0. The number of furan rings is 1. The molecular weight excluding hydrogens is 334 g/mol. The largest absolute Gasteiger partial charge is 0.469 e. The summed E-state index contributed by atoms with van der Waals surface area (Å²) in [6.07, 6.45) is 5.09. The van der Waals surface area contributed by atoms with Crippen LogP contribution in [0.4, 0.5) is 0 Å². The van der Waals surface area contributed by atoms with Crippen molar-refractivity contribution in [2.24, 2.45) is 10.4 Å². The molecule has 1 saturated heterocycles. The van der Waals surface area contributed by atoms with E-state index in [2.05, 4.69) is 10.6 Å². The van der Waals surface area contributed by atoms with Crippen molar-refractivity contribution in [3.63, 3.8) is 0 Å². The molecule has 7 nitrogen and oxygen atoms in total. The topological polar surface area (TPSA) is 88.2 Å². The molecule has 2 rings (SSSR count). The van der Waals surface area contributed by atoms with Gasteiger partial charge in [0, 0.05) is 51.4 Å². The molecule has 26 heavy (non-hydrogen) atoms. The van der Waals surface area contributed by atoms with Crippen LogP contribution in [0.5, 0.6) is 0 Å². The summed E-state index contributed by atoms with van der Waals surface area (Å²) < 4.78 is 16.3. The molecule has 1 aliphatic rings. The molecule has 1 unspecified atom stereocenters. The van der Waals surface area contributed by atoms with Crippen molar-refractivity contribution in [2.75, 3.05) is 52.7 Å². The molecule has 1 aliphatic heterocycles. The standard InChI is InChI=1S/C19H33N3O4/c1-2-24-12-4-9-20-18(21-10-6-17-5-3-13-26-17)22-15-19(7-11-23)8-14-25-16-19/h3,5,13,23H,2,4,6-12,14-16H2,1H3,(H2,20,21,22). The zero-order valence-corrected chi connectivity index (χ0v) is 15.8. The van der Waals surface area contributed by atoms with E-state index in [1.807, 2.05) is 19.1 Å². The number of ether oxygens (including phenoxy) is 2. The third kappa shape index (κ3) is 7.35. The maximum Gasteiger partial charge on any atom is 0.191 e. The molecule has 0 aliphatic carbocycles. The predicted molar refractivity (Wildman–Crippen MR) is 101 cm³/mol. The number of guanidine groups is 1. The van der Waals surface area contributed by atoms with Crippen LogP contribution in [0.3, 0.4) is 0 Å². The number of aliphatic hydroxyl groups is 1. The molecule has 1 aromatic rings. The van der Waals surface area contributed by atoms with Crippen LogP contribution in [-0.4, -0.2) is 63.7 Å². The maximum atomic E-state index is 9.37. The molecule has 0 bridgehead atoms. The van der Waals surface area contributed by atoms with Gasteiger partial charge in [0.25, 0.3) is 0 Å². The summed E-state index contributed by atoms with van der Waals surface area (Å²) in [4.78, 5) is 4.77. The first kappa shape index (κ1) is 20.7. The van der Waals surface area contributed by atoms with Gasteiger partial charge in [0.05, 0.1) is 19.4 Å². The van der Waals surface area contributed by atoms with E-state index in [4.69, 9.17) is 18.9 Å². The lowest BCUT2D eigenvalue weighted by Gasteiger charge is -2.25. The van der Waals surface area contributed by atoms with Gasteiger partial charge in [-0.25, -0.2) is 0 Å². The Morgan fingerprint density at radius 2 is 2.27 bits per heavy atom. The molecule has 148 valence electrons. The fourth-order valence-corrected chi connectivity index (χ4v) is 2.99. The lowest BCUT2D eigenvalue weighted by molar-refractivity contribution is 0.131. The average Bonchev–Trinajstić information content (AvgIpc) is 3.32. The zero-order valence-electron chi connectivity index (χ0n) is 15.8. The molecule has 2 heterocycles. The Bertz CT molecular complexity index is 499. The summed E-state index contributed by atoms with van der Waals surface area (Å²) in [5, 5.41) is 16.1. The van der Waals surface area contributed by atoms with Crippen molar-refractivity contribution >= 4 is 5.96 Å².